The van der Waals surface area contributed by atoms with Gasteiger partial charge in [0, 0.05) is 10.8 Å². The summed E-state index contributed by atoms with van der Waals surface area (Å²) < 4.78 is 0. The van der Waals surface area contributed by atoms with E-state index >= 15 is 0 Å². The number of hydrogen-bond acceptors (Lipinski definition) is 0. The molecule has 0 aliphatic heterocycles. The molecule has 14 heavy (non-hydrogen) atoms. The summed E-state index contributed by atoms with van der Waals surface area (Å²) in [4.78, 5) is 0. The quantitative estimate of drug-likeness (QED) is 0.499. The highest BCUT2D eigenvalue weighted by molar-refractivity contribution is 5.56. The Hall–Kier alpha value is -0.520. The van der Waals surface area contributed by atoms with Crippen LogP contribution in [-0.4, -0.2) is 0 Å². The topological polar surface area (TPSA) is 0 Å². The van der Waals surface area contributed by atoms with Crippen molar-refractivity contribution in [3.8, 4) is 0 Å². The summed E-state index contributed by atoms with van der Waals surface area (Å²) in [5.41, 5.74) is 4.47. The van der Waals surface area contributed by atoms with E-state index in [2.05, 4.69) is 26.0 Å². The maximum absolute atomic E-state index is 2.50. The first-order valence-corrected chi connectivity index (χ1v) is 6.12. The van der Waals surface area contributed by atoms with Crippen LogP contribution in [0.15, 0.2) is 23.3 Å². The molecule has 1 fully saturated rings. The normalized spacial score (nSPS) is 45.6. The number of rotatable bonds is 0. The molecule has 3 aliphatic carbocycles. The molecule has 2 atom stereocenters. The van der Waals surface area contributed by atoms with Crippen molar-refractivity contribution in [2.45, 2.75) is 52.4 Å². The molecule has 0 spiro atoms. The average molecular weight is 188 g/mol. The van der Waals surface area contributed by atoms with Crippen LogP contribution in [0.25, 0.3) is 0 Å². The van der Waals surface area contributed by atoms with E-state index in [0.717, 1.165) is 0 Å². The van der Waals surface area contributed by atoms with Crippen LogP contribution in [0.3, 0.4) is 0 Å². The Balaban J connectivity index is 2.01. The van der Waals surface area contributed by atoms with Crippen LogP contribution in [-0.2, 0) is 0 Å². The Labute approximate surface area is 87.1 Å². The standard InChI is InChI=1S/C14H20/c1-11-12(2)14-8-6-4-3-5-7-13(11,14)9-10-14/h9-10H,3-8H2,1-2H3. The molecule has 76 valence electrons. The molecule has 0 bridgehead atoms. The van der Waals surface area contributed by atoms with Crippen LogP contribution in [0, 0.1) is 10.8 Å². The fourth-order valence-electron chi connectivity index (χ4n) is 4.16. The van der Waals surface area contributed by atoms with E-state index in [1.807, 2.05) is 0 Å². The summed E-state index contributed by atoms with van der Waals surface area (Å²) in [7, 11) is 0. The zero-order chi connectivity index (χ0) is 9.81. The minimum absolute atomic E-state index is 0.539. The molecule has 0 saturated heterocycles. The lowest BCUT2D eigenvalue weighted by Crippen LogP contribution is -2.56. The van der Waals surface area contributed by atoms with Crippen molar-refractivity contribution in [2.75, 3.05) is 0 Å². The Bertz CT molecular complexity index is 302. The molecule has 0 aromatic carbocycles. The third kappa shape index (κ3) is 0.699. The summed E-state index contributed by atoms with van der Waals surface area (Å²) >= 11 is 0. The minimum Gasteiger partial charge on any atom is -0.0762 e. The maximum Gasteiger partial charge on any atom is 0.0219 e. The van der Waals surface area contributed by atoms with E-state index in [-0.39, 0.29) is 0 Å². The van der Waals surface area contributed by atoms with Crippen molar-refractivity contribution in [2.24, 2.45) is 10.8 Å². The van der Waals surface area contributed by atoms with E-state index < -0.39 is 0 Å². The largest absolute Gasteiger partial charge is 0.0762 e. The highest BCUT2D eigenvalue weighted by atomic mass is 14.7. The lowest BCUT2D eigenvalue weighted by atomic mass is 9.38. The molecule has 0 heteroatoms. The number of allylic oxidation sites excluding steroid dienone is 4. The van der Waals surface area contributed by atoms with Gasteiger partial charge in [-0.05, 0) is 26.7 Å². The summed E-state index contributed by atoms with van der Waals surface area (Å²) in [5.74, 6) is 0. The van der Waals surface area contributed by atoms with Crippen molar-refractivity contribution in [3.05, 3.63) is 23.3 Å². The van der Waals surface area contributed by atoms with E-state index in [4.69, 9.17) is 0 Å². The molecule has 0 nitrogen and oxygen atoms in total. The van der Waals surface area contributed by atoms with Gasteiger partial charge in [-0.2, -0.15) is 0 Å². The Morgan fingerprint density at radius 2 is 1.21 bits per heavy atom. The first-order chi connectivity index (χ1) is 6.73. The van der Waals surface area contributed by atoms with Gasteiger partial charge >= 0.3 is 0 Å². The first kappa shape index (κ1) is 8.76. The van der Waals surface area contributed by atoms with Gasteiger partial charge in [-0.1, -0.05) is 49.0 Å². The smallest absolute Gasteiger partial charge is 0.0219 e. The van der Waals surface area contributed by atoms with Crippen LogP contribution < -0.4 is 0 Å². The van der Waals surface area contributed by atoms with E-state index in [1.165, 1.54) is 38.5 Å². The van der Waals surface area contributed by atoms with Crippen LogP contribution in [0.4, 0.5) is 0 Å². The van der Waals surface area contributed by atoms with Gasteiger partial charge in [-0.25, -0.2) is 0 Å². The summed E-state index contributed by atoms with van der Waals surface area (Å²) in [6.07, 6.45) is 13.6. The summed E-state index contributed by atoms with van der Waals surface area (Å²) in [6, 6.07) is 0. The van der Waals surface area contributed by atoms with E-state index in [9.17, 15) is 0 Å². The van der Waals surface area contributed by atoms with Gasteiger partial charge < -0.3 is 0 Å². The van der Waals surface area contributed by atoms with Gasteiger partial charge in [0.2, 0.25) is 0 Å². The zero-order valence-electron chi connectivity index (χ0n) is 9.40. The Morgan fingerprint density at radius 3 is 1.57 bits per heavy atom. The van der Waals surface area contributed by atoms with Gasteiger partial charge in [0.25, 0.3) is 0 Å². The van der Waals surface area contributed by atoms with Crippen LogP contribution in [0.1, 0.15) is 52.4 Å². The molecule has 3 aliphatic rings. The zero-order valence-corrected chi connectivity index (χ0v) is 9.40. The fraction of sp³-hybridized carbons (Fsp3) is 0.714. The molecule has 0 N–H and O–H groups in total. The molecule has 0 aromatic heterocycles. The monoisotopic (exact) mass is 188 g/mol. The highest BCUT2D eigenvalue weighted by Gasteiger charge is 2.62. The van der Waals surface area contributed by atoms with Gasteiger partial charge in [-0.3, -0.25) is 0 Å². The van der Waals surface area contributed by atoms with Crippen molar-refractivity contribution >= 4 is 0 Å². The molecule has 1 saturated carbocycles. The minimum atomic E-state index is 0.539. The molecule has 0 aromatic rings. The molecule has 2 unspecified atom stereocenters. The lowest BCUT2D eigenvalue weighted by Gasteiger charge is -2.65. The van der Waals surface area contributed by atoms with Gasteiger partial charge in [0.05, 0.1) is 0 Å². The van der Waals surface area contributed by atoms with Gasteiger partial charge in [-0.15, -0.1) is 0 Å². The lowest BCUT2D eigenvalue weighted by molar-refractivity contribution is 0.0876. The maximum atomic E-state index is 2.50. The highest BCUT2D eigenvalue weighted by Crippen LogP contribution is 2.72. The van der Waals surface area contributed by atoms with Crippen LogP contribution >= 0.6 is 0 Å². The summed E-state index contributed by atoms with van der Waals surface area (Å²) in [6.45, 7) is 4.72. The Morgan fingerprint density at radius 1 is 0.786 bits per heavy atom. The fourth-order valence-corrected chi connectivity index (χ4v) is 4.16. The van der Waals surface area contributed by atoms with Crippen molar-refractivity contribution in [3.63, 3.8) is 0 Å². The SMILES string of the molecule is CC1=C(C)C23C=CC12CCCCCC3. The summed E-state index contributed by atoms with van der Waals surface area (Å²) in [5, 5.41) is 0. The predicted molar refractivity (Wildman–Crippen MR) is 60.1 cm³/mol. The molecular weight excluding hydrogens is 168 g/mol. The second-order valence-electron chi connectivity index (χ2n) is 5.44. The molecule has 3 rings (SSSR count). The predicted octanol–water partition coefficient (Wildman–Crippen LogP) is 4.23. The van der Waals surface area contributed by atoms with Crippen molar-refractivity contribution in [1.82, 2.24) is 0 Å². The second kappa shape index (κ2) is 2.53. The third-order valence-electron chi connectivity index (χ3n) is 5.24. The molecule has 0 radical (unpaired) electrons. The molecule has 0 amide bonds. The molecular formula is C14H20. The van der Waals surface area contributed by atoms with Gasteiger partial charge in [0.1, 0.15) is 0 Å². The third-order valence-corrected chi connectivity index (χ3v) is 5.24. The first-order valence-electron chi connectivity index (χ1n) is 6.12. The van der Waals surface area contributed by atoms with E-state index in [0.29, 0.717) is 10.8 Å². The molecule has 0 heterocycles. The number of hydrogen-bond donors (Lipinski definition) is 0. The second-order valence-corrected chi connectivity index (χ2v) is 5.44. The van der Waals surface area contributed by atoms with Crippen LogP contribution in [0.2, 0.25) is 0 Å². The Kier molecular flexibility index (Phi) is 1.59. The van der Waals surface area contributed by atoms with Crippen molar-refractivity contribution < 1.29 is 0 Å². The van der Waals surface area contributed by atoms with Crippen LogP contribution in [0.5, 0.6) is 0 Å². The van der Waals surface area contributed by atoms with Crippen molar-refractivity contribution in [1.29, 1.82) is 0 Å². The average Bonchev–Trinajstić information content (AvgIpc) is 2.18. The van der Waals surface area contributed by atoms with Gasteiger partial charge in [0.15, 0.2) is 0 Å². The van der Waals surface area contributed by atoms with E-state index in [1.54, 1.807) is 11.1 Å².